The number of hydrogen-bond donors (Lipinski definition) is 0. The molecule has 1 heteroatoms. The Morgan fingerprint density at radius 3 is 2.54 bits per heavy atom. The summed E-state index contributed by atoms with van der Waals surface area (Å²) in [5.74, 6) is 0. The molecule has 1 aromatic rings. The zero-order chi connectivity index (χ0) is 9.52. The van der Waals surface area contributed by atoms with Crippen LogP contribution < -0.4 is 0 Å². The first kappa shape index (κ1) is 11.0. The molecule has 0 fully saturated rings. The van der Waals surface area contributed by atoms with Gasteiger partial charge in [0.15, 0.2) is 0 Å². The van der Waals surface area contributed by atoms with E-state index in [1.165, 1.54) is 41.2 Å². The summed E-state index contributed by atoms with van der Waals surface area (Å²) >= 11 is 2.42. The van der Waals surface area contributed by atoms with Gasteiger partial charge in [0.05, 0.1) is 0 Å². The van der Waals surface area contributed by atoms with Gasteiger partial charge >= 0.3 is 0 Å². The van der Waals surface area contributed by atoms with Crippen LogP contribution >= 0.6 is 22.6 Å². The van der Waals surface area contributed by atoms with Crippen LogP contribution in [0, 0.1) is 3.57 Å². The second kappa shape index (κ2) is 6.41. The van der Waals surface area contributed by atoms with Crippen molar-refractivity contribution in [1.82, 2.24) is 0 Å². The topological polar surface area (TPSA) is 0 Å². The Morgan fingerprint density at radius 1 is 1.08 bits per heavy atom. The first-order valence-electron chi connectivity index (χ1n) is 5.08. The summed E-state index contributed by atoms with van der Waals surface area (Å²) in [5, 5.41) is 0. The highest BCUT2D eigenvalue weighted by Gasteiger charge is 1.97. The Bertz CT molecular complexity index is 243. The summed E-state index contributed by atoms with van der Waals surface area (Å²) in [6.45, 7) is 2.26. The third-order valence-corrected chi connectivity index (χ3v) is 3.31. The van der Waals surface area contributed by atoms with Crippen LogP contribution in [0.5, 0.6) is 0 Å². The van der Waals surface area contributed by atoms with Gasteiger partial charge in [-0.1, -0.05) is 44.4 Å². The van der Waals surface area contributed by atoms with Gasteiger partial charge in [-0.3, -0.25) is 0 Å². The lowest BCUT2D eigenvalue weighted by molar-refractivity contribution is 0.666. The van der Waals surface area contributed by atoms with E-state index >= 15 is 0 Å². The van der Waals surface area contributed by atoms with Crippen molar-refractivity contribution in [3.05, 3.63) is 33.4 Å². The van der Waals surface area contributed by atoms with Gasteiger partial charge in [0.25, 0.3) is 0 Å². The van der Waals surface area contributed by atoms with Crippen molar-refractivity contribution in [2.45, 2.75) is 39.0 Å². The lowest BCUT2D eigenvalue weighted by Gasteiger charge is -2.03. The molecule has 0 atom stereocenters. The fourth-order valence-corrected chi connectivity index (χ4v) is 2.10. The largest absolute Gasteiger partial charge is 0.0654 e. The molecule has 0 bridgehead atoms. The van der Waals surface area contributed by atoms with Crippen LogP contribution in [0.3, 0.4) is 0 Å². The van der Waals surface area contributed by atoms with Crippen molar-refractivity contribution in [2.75, 3.05) is 0 Å². The average molecular weight is 288 g/mol. The minimum Gasteiger partial charge on any atom is -0.0654 e. The molecule has 0 aliphatic carbocycles. The van der Waals surface area contributed by atoms with Crippen LogP contribution in [-0.2, 0) is 6.42 Å². The minimum absolute atomic E-state index is 1.25. The molecule has 0 saturated carbocycles. The Labute approximate surface area is 94.9 Å². The highest BCUT2D eigenvalue weighted by atomic mass is 127. The summed E-state index contributed by atoms with van der Waals surface area (Å²) < 4.78 is 1.41. The summed E-state index contributed by atoms with van der Waals surface area (Å²) in [6.07, 6.45) is 6.67. The van der Waals surface area contributed by atoms with E-state index in [-0.39, 0.29) is 0 Å². The minimum atomic E-state index is 1.25. The molecule has 1 aromatic carbocycles. The van der Waals surface area contributed by atoms with Crippen LogP contribution in [-0.4, -0.2) is 0 Å². The van der Waals surface area contributed by atoms with E-state index in [1.54, 1.807) is 0 Å². The van der Waals surface area contributed by atoms with Gasteiger partial charge in [-0.2, -0.15) is 0 Å². The number of rotatable bonds is 5. The van der Waals surface area contributed by atoms with Crippen LogP contribution in [0.15, 0.2) is 24.3 Å². The van der Waals surface area contributed by atoms with E-state index in [4.69, 9.17) is 0 Å². The van der Waals surface area contributed by atoms with E-state index in [0.29, 0.717) is 0 Å². The van der Waals surface area contributed by atoms with Crippen molar-refractivity contribution in [1.29, 1.82) is 0 Å². The zero-order valence-corrected chi connectivity index (χ0v) is 10.4. The van der Waals surface area contributed by atoms with Crippen LogP contribution in [0.2, 0.25) is 0 Å². The summed E-state index contributed by atoms with van der Waals surface area (Å²) in [7, 11) is 0. The maximum atomic E-state index is 2.42. The molecule has 0 amide bonds. The van der Waals surface area contributed by atoms with Crippen LogP contribution in [0.4, 0.5) is 0 Å². The lowest BCUT2D eigenvalue weighted by atomic mass is 10.1. The van der Waals surface area contributed by atoms with Crippen molar-refractivity contribution in [3.8, 4) is 0 Å². The number of benzene rings is 1. The molecule has 0 aromatic heterocycles. The predicted molar refractivity (Wildman–Crippen MR) is 67.0 cm³/mol. The van der Waals surface area contributed by atoms with Crippen LogP contribution in [0.25, 0.3) is 0 Å². The maximum Gasteiger partial charge on any atom is 0.0162 e. The first-order chi connectivity index (χ1) is 6.34. The van der Waals surface area contributed by atoms with Crippen molar-refractivity contribution >= 4 is 22.6 Å². The molecule has 0 nitrogen and oxygen atoms in total. The number of halogens is 1. The molecule has 72 valence electrons. The van der Waals surface area contributed by atoms with E-state index in [0.717, 1.165) is 0 Å². The predicted octanol–water partition coefficient (Wildman–Crippen LogP) is 4.41. The first-order valence-corrected chi connectivity index (χ1v) is 6.16. The summed E-state index contributed by atoms with van der Waals surface area (Å²) in [6, 6.07) is 8.68. The SMILES string of the molecule is CCCCCCc1ccccc1I. The molecule has 0 saturated heterocycles. The molecule has 13 heavy (non-hydrogen) atoms. The fraction of sp³-hybridized carbons (Fsp3) is 0.500. The van der Waals surface area contributed by atoms with E-state index in [2.05, 4.69) is 53.8 Å². The number of unbranched alkanes of at least 4 members (excludes halogenated alkanes) is 3. The van der Waals surface area contributed by atoms with Crippen molar-refractivity contribution in [3.63, 3.8) is 0 Å². The van der Waals surface area contributed by atoms with Gasteiger partial charge in [-0.15, -0.1) is 0 Å². The van der Waals surface area contributed by atoms with Gasteiger partial charge in [0.2, 0.25) is 0 Å². The zero-order valence-electron chi connectivity index (χ0n) is 8.22. The molecule has 0 unspecified atom stereocenters. The highest BCUT2D eigenvalue weighted by molar-refractivity contribution is 14.1. The molecule has 0 aliphatic rings. The molecule has 0 radical (unpaired) electrons. The highest BCUT2D eigenvalue weighted by Crippen LogP contribution is 2.14. The Hall–Kier alpha value is -0.0500. The Kier molecular flexibility index (Phi) is 5.44. The molecule has 0 spiro atoms. The van der Waals surface area contributed by atoms with E-state index in [1.807, 2.05) is 0 Å². The van der Waals surface area contributed by atoms with E-state index in [9.17, 15) is 0 Å². The quantitative estimate of drug-likeness (QED) is 0.556. The van der Waals surface area contributed by atoms with Gasteiger partial charge in [-0.05, 0) is 47.1 Å². The summed E-state index contributed by atoms with van der Waals surface area (Å²) in [5.41, 5.74) is 1.51. The molecular formula is C12H17I. The molecule has 1 rings (SSSR count). The molecular weight excluding hydrogens is 271 g/mol. The van der Waals surface area contributed by atoms with Crippen molar-refractivity contribution in [2.24, 2.45) is 0 Å². The average Bonchev–Trinajstić information content (AvgIpc) is 2.15. The fourth-order valence-electron chi connectivity index (χ4n) is 1.44. The van der Waals surface area contributed by atoms with Gasteiger partial charge < -0.3 is 0 Å². The van der Waals surface area contributed by atoms with E-state index < -0.39 is 0 Å². The van der Waals surface area contributed by atoms with Crippen molar-refractivity contribution < 1.29 is 0 Å². The van der Waals surface area contributed by atoms with Gasteiger partial charge in [0, 0.05) is 3.57 Å². The molecule has 0 heterocycles. The third kappa shape index (κ3) is 4.12. The summed E-state index contributed by atoms with van der Waals surface area (Å²) in [4.78, 5) is 0. The number of aryl methyl sites for hydroxylation is 1. The monoisotopic (exact) mass is 288 g/mol. The number of hydrogen-bond acceptors (Lipinski definition) is 0. The van der Waals surface area contributed by atoms with Crippen LogP contribution in [0.1, 0.15) is 38.2 Å². The normalized spacial score (nSPS) is 10.3. The van der Waals surface area contributed by atoms with Gasteiger partial charge in [0.1, 0.15) is 0 Å². The third-order valence-electron chi connectivity index (χ3n) is 2.26. The maximum absolute atomic E-state index is 2.42. The smallest absolute Gasteiger partial charge is 0.0162 e. The second-order valence-electron chi connectivity index (χ2n) is 3.40. The second-order valence-corrected chi connectivity index (χ2v) is 4.56. The van der Waals surface area contributed by atoms with Gasteiger partial charge in [-0.25, -0.2) is 0 Å². The Morgan fingerprint density at radius 2 is 1.85 bits per heavy atom. The Balaban J connectivity index is 2.32. The lowest BCUT2D eigenvalue weighted by Crippen LogP contribution is -1.88. The standard InChI is InChI=1S/C12H17I/c1-2-3-4-5-8-11-9-6-7-10-12(11)13/h6-7,9-10H,2-5,8H2,1H3. The molecule has 0 aliphatic heterocycles. The molecule has 0 N–H and O–H groups in total.